The van der Waals surface area contributed by atoms with Crippen LogP contribution in [0.15, 0.2) is 28.5 Å². The van der Waals surface area contributed by atoms with E-state index in [2.05, 4.69) is 0 Å². The minimum absolute atomic E-state index is 0.0915. The Morgan fingerprint density at radius 3 is 2.00 bits per heavy atom. The molecule has 0 aliphatic carbocycles. The van der Waals surface area contributed by atoms with E-state index >= 15 is 0 Å². The highest BCUT2D eigenvalue weighted by atomic mass is 32.2. The van der Waals surface area contributed by atoms with Crippen molar-refractivity contribution in [3.8, 4) is 5.75 Å². The standard InChI is InChI=1S/C13H16O2S2/c1-9(14)12(13(16-3)17-4)10-5-7-11(15-2)8-6-10/h5-8H,1-4H3. The van der Waals surface area contributed by atoms with E-state index in [-0.39, 0.29) is 5.78 Å². The number of ether oxygens (including phenoxy) is 1. The lowest BCUT2D eigenvalue weighted by Gasteiger charge is -2.10. The lowest BCUT2D eigenvalue weighted by atomic mass is 10.0. The summed E-state index contributed by atoms with van der Waals surface area (Å²) in [6.07, 6.45) is 3.97. The predicted molar refractivity (Wildman–Crippen MR) is 77.6 cm³/mol. The summed E-state index contributed by atoms with van der Waals surface area (Å²) < 4.78 is 6.16. The fourth-order valence-corrected chi connectivity index (χ4v) is 3.11. The lowest BCUT2D eigenvalue weighted by Crippen LogP contribution is -1.98. The maximum absolute atomic E-state index is 11.7. The predicted octanol–water partition coefficient (Wildman–Crippen LogP) is 3.68. The summed E-state index contributed by atoms with van der Waals surface area (Å²) in [6.45, 7) is 1.60. The molecule has 92 valence electrons. The van der Waals surface area contributed by atoms with Crippen molar-refractivity contribution >= 4 is 34.9 Å². The fraction of sp³-hybridized carbons (Fsp3) is 0.308. The Bertz CT molecular complexity index is 416. The van der Waals surface area contributed by atoms with Gasteiger partial charge in [0.2, 0.25) is 0 Å². The summed E-state index contributed by atoms with van der Waals surface area (Å²) in [5, 5.41) is 0. The number of allylic oxidation sites excluding steroid dienone is 1. The van der Waals surface area contributed by atoms with Crippen LogP contribution in [0, 0.1) is 0 Å². The molecule has 0 unspecified atom stereocenters. The first-order chi connectivity index (χ1) is 8.13. The van der Waals surface area contributed by atoms with Gasteiger partial charge in [-0.05, 0) is 37.1 Å². The van der Waals surface area contributed by atoms with Gasteiger partial charge in [-0.3, -0.25) is 4.79 Å². The second-order valence-electron chi connectivity index (χ2n) is 3.36. The van der Waals surface area contributed by atoms with Gasteiger partial charge in [0.1, 0.15) is 5.75 Å². The molecule has 0 aliphatic heterocycles. The highest BCUT2D eigenvalue weighted by Crippen LogP contribution is 2.34. The van der Waals surface area contributed by atoms with Crippen LogP contribution in [0.3, 0.4) is 0 Å². The van der Waals surface area contributed by atoms with Gasteiger partial charge in [-0.25, -0.2) is 0 Å². The molecule has 0 atom stereocenters. The van der Waals surface area contributed by atoms with Crippen molar-refractivity contribution in [1.29, 1.82) is 0 Å². The maximum Gasteiger partial charge on any atom is 0.162 e. The van der Waals surface area contributed by atoms with Gasteiger partial charge in [0.25, 0.3) is 0 Å². The Morgan fingerprint density at radius 2 is 1.65 bits per heavy atom. The van der Waals surface area contributed by atoms with Crippen molar-refractivity contribution in [3.63, 3.8) is 0 Å². The Balaban J connectivity index is 3.23. The SMILES string of the molecule is COc1ccc(C(C(C)=O)=C(SC)SC)cc1. The van der Waals surface area contributed by atoms with E-state index in [1.165, 1.54) is 0 Å². The molecule has 2 nitrogen and oxygen atoms in total. The van der Waals surface area contributed by atoms with Crippen molar-refractivity contribution in [1.82, 2.24) is 0 Å². The molecule has 17 heavy (non-hydrogen) atoms. The molecule has 0 saturated carbocycles. The molecule has 0 radical (unpaired) electrons. The topological polar surface area (TPSA) is 26.3 Å². The molecular formula is C13H16O2S2. The molecule has 1 aromatic rings. The number of benzene rings is 1. The molecule has 4 heteroatoms. The first kappa shape index (κ1) is 14.2. The van der Waals surface area contributed by atoms with Crippen LogP contribution in [-0.4, -0.2) is 25.4 Å². The second-order valence-corrected chi connectivity index (χ2v) is 5.25. The number of hydrogen-bond donors (Lipinski definition) is 0. The van der Waals surface area contributed by atoms with E-state index in [0.29, 0.717) is 0 Å². The molecule has 0 fully saturated rings. The quantitative estimate of drug-likeness (QED) is 0.761. The Labute approximate surface area is 111 Å². The normalized spacial score (nSPS) is 9.88. The lowest BCUT2D eigenvalue weighted by molar-refractivity contribution is -0.111. The summed E-state index contributed by atoms with van der Waals surface area (Å²) in [5.74, 6) is 0.889. The zero-order valence-electron chi connectivity index (χ0n) is 10.4. The number of carbonyl (C=O) groups excluding carboxylic acids is 1. The van der Waals surface area contributed by atoms with Crippen molar-refractivity contribution in [2.45, 2.75) is 6.92 Å². The Morgan fingerprint density at radius 1 is 1.12 bits per heavy atom. The van der Waals surface area contributed by atoms with E-state index in [1.54, 1.807) is 37.6 Å². The molecule has 0 saturated heterocycles. The first-order valence-electron chi connectivity index (χ1n) is 5.11. The Kier molecular flexibility index (Phi) is 5.65. The number of rotatable bonds is 5. The highest BCUT2D eigenvalue weighted by Gasteiger charge is 2.13. The number of hydrogen-bond acceptors (Lipinski definition) is 4. The van der Waals surface area contributed by atoms with Crippen LogP contribution in [0.5, 0.6) is 5.75 Å². The summed E-state index contributed by atoms with van der Waals surface area (Å²) in [5.41, 5.74) is 1.73. The molecule has 0 aliphatic rings. The van der Waals surface area contributed by atoms with Crippen molar-refractivity contribution in [2.24, 2.45) is 0 Å². The fourth-order valence-electron chi connectivity index (χ4n) is 1.51. The van der Waals surface area contributed by atoms with Crippen LogP contribution in [0.1, 0.15) is 12.5 Å². The van der Waals surface area contributed by atoms with Crippen molar-refractivity contribution < 1.29 is 9.53 Å². The number of Topliss-reactive ketones (excluding diaryl/α,β-unsaturated/α-hetero) is 1. The number of carbonyl (C=O) groups is 1. The molecule has 0 aromatic heterocycles. The minimum atomic E-state index is 0.0915. The third kappa shape index (κ3) is 3.54. The van der Waals surface area contributed by atoms with Gasteiger partial charge in [-0.2, -0.15) is 0 Å². The third-order valence-corrected chi connectivity index (χ3v) is 4.46. The van der Waals surface area contributed by atoms with Crippen molar-refractivity contribution in [2.75, 3.05) is 19.6 Å². The van der Waals surface area contributed by atoms with Crippen LogP contribution in [0.2, 0.25) is 0 Å². The molecule has 0 spiro atoms. The van der Waals surface area contributed by atoms with Gasteiger partial charge < -0.3 is 4.74 Å². The maximum atomic E-state index is 11.7. The summed E-state index contributed by atoms with van der Waals surface area (Å²) >= 11 is 3.20. The van der Waals surface area contributed by atoms with Gasteiger partial charge >= 0.3 is 0 Å². The largest absolute Gasteiger partial charge is 0.497 e. The highest BCUT2D eigenvalue weighted by molar-refractivity contribution is 8.22. The van der Waals surface area contributed by atoms with Crippen LogP contribution in [-0.2, 0) is 4.79 Å². The van der Waals surface area contributed by atoms with E-state index in [9.17, 15) is 4.79 Å². The van der Waals surface area contributed by atoms with Gasteiger partial charge in [0.15, 0.2) is 5.78 Å². The van der Waals surface area contributed by atoms with Gasteiger partial charge in [0.05, 0.1) is 11.3 Å². The third-order valence-electron chi connectivity index (χ3n) is 2.31. The summed E-state index contributed by atoms with van der Waals surface area (Å²) in [7, 11) is 1.63. The number of methoxy groups -OCH3 is 1. The van der Waals surface area contributed by atoms with Gasteiger partial charge in [-0.1, -0.05) is 12.1 Å². The van der Waals surface area contributed by atoms with Crippen molar-refractivity contribution in [3.05, 3.63) is 34.1 Å². The van der Waals surface area contributed by atoms with Gasteiger partial charge in [-0.15, -0.1) is 23.5 Å². The Hall–Kier alpha value is -0.870. The van der Waals surface area contributed by atoms with E-state index in [1.807, 2.05) is 36.8 Å². The monoisotopic (exact) mass is 268 g/mol. The van der Waals surface area contributed by atoms with Crippen LogP contribution in [0.25, 0.3) is 5.57 Å². The minimum Gasteiger partial charge on any atom is -0.497 e. The van der Waals surface area contributed by atoms with E-state index in [0.717, 1.165) is 21.1 Å². The smallest absolute Gasteiger partial charge is 0.162 e. The van der Waals surface area contributed by atoms with E-state index in [4.69, 9.17) is 4.74 Å². The molecule has 1 rings (SSSR count). The van der Waals surface area contributed by atoms with Crippen LogP contribution >= 0.6 is 23.5 Å². The van der Waals surface area contributed by atoms with Crippen LogP contribution in [0.4, 0.5) is 0 Å². The van der Waals surface area contributed by atoms with E-state index < -0.39 is 0 Å². The average Bonchev–Trinajstić information content (AvgIpc) is 2.35. The molecule has 1 aromatic carbocycles. The first-order valence-corrected chi connectivity index (χ1v) is 7.56. The van der Waals surface area contributed by atoms with Crippen LogP contribution < -0.4 is 4.74 Å². The average molecular weight is 268 g/mol. The number of thioether (sulfide) groups is 2. The van der Waals surface area contributed by atoms with Gasteiger partial charge in [0, 0.05) is 5.57 Å². The zero-order chi connectivity index (χ0) is 12.8. The molecule has 0 heterocycles. The molecule has 0 N–H and O–H groups in total. The summed E-state index contributed by atoms with van der Waals surface area (Å²) in [6, 6.07) is 7.58. The molecule has 0 bridgehead atoms. The molecule has 0 amide bonds. The number of ketones is 1. The molecular weight excluding hydrogens is 252 g/mol. The second kappa shape index (κ2) is 6.77. The zero-order valence-corrected chi connectivity index (χ0v) is 12.1. The summed E-state index contributed by atoms with van der Waals surface area (Å²) in [4.78, 5) is 11.7.